The molecule has 2 aromatic carbocycles. The molecule has 3 rings (SSSR count). The number of halogens is 3. The van der Waals surface area contributed by atoms with Crippen LogP contribution in [0.1, 0.15) is 11.1 Å². The van der Waals surface area contributed by atoms with Crippen molar-refractivity contribution in [3.05, 3.63) is 71.0 Å². The maximum atomic E-state index is 13.2. The van der Waals surface area contributed by atoms with Gasteiger partial charge in [-0.25, -0.2) is 13.2 Å². The number of hydrogen-bond acceptors (Lipinski definition) is 2. The van der Waals surface area contributed by atoms with Crippen LogP contribution in [0.4, 0.5) is 13.2 Å². The summed E-state index contributed by atoms with van der Waals surface area (Å²) in [6.45, 7) is 5.00. The molecule has 128 valence electrons. The van der Waals surface area contributed by atoms with Crippen molar-refractivity contribution >= 4 is 0 Å². The van der Waals surface area contributed by atoms with Gasteiger partial charge in [-0.15, -0.1) is 0 Å². The van der Waals surface area contributed by atoms with E-state index in [0.29, 0.717) is 12.1 Å². The van der Waals surface area contributed by atoms with Crippen molar-refractivity contribution in [2.24, 2.45) is 0 Å². The summed E-state index contributed by atoms with van der Waals surface area (Å²) in [5, 5.41) is 0. The van der Waals surface area contributed by atoms with Crippen LogP contribution in [0.25, 0.3) is 0 Å². The monoisotopic (exact) mass is 334 g/mol. The third-order valence-corrected chi connectivity index (χ3v) is 4.40. The Labute approximate surface area is 140 Å². The van der Waals surface area contributed by atoms with Gasteiger partial charge in [0, 0.05) is 45.3 Å². The molecule has 2 nitrogen and oxygen atoms in total. The highest BCUT2D eigenvalue weighted by atomic mass is 19.1. The summed E-state index contributed by atoms with van der Waals surface area (Å²) in [6.07, 6.45) is 0.826. The van der Waals surface area contributed by atoms with E-state index < -0.39 is 11.6 Å². The molecule has 0 bridgehead atoms. The van der Waals surface area contributed by atoms with Gasteiger partial charge in [0.1, 0.15) is 17.5 Å². The summed E-state index contributed by atoms with van der Waals surface area (Å²) in [4.78, 5) is 4.54. The number of benzene rings is 2. The second kappa shape index (κ2) is 7.81. The van der Waals surface area contributed by atoms with Crippen LogP contribution in [-0.4, -0.2) is 42.5 Å². The maximum absolute atomic E-state index is 13.2. The first-order valence-corrected chi connectivity index (χ1v) is 8.22. The Morgan fingerprint density at radius 2 is 1.33 bits per heavy atom. The van der Waals surface area contributed by atoms with E-state index in [4.69, 9.17) is 0 Å². The third-order valence-electron chi connectivity index (χ3n) is 4.40. The molecule has 0 radical (unpaired) electrons. The smallest absolute Gasteiger partial charge is 0.126 e. The van der Waals surface area contributed by atoms with E-state index in [0.717, 1.165) is 50.8 Å². The fourth-order valence-electron chi connectivity index (χ4n) is 3.11. The lowest BCUT2D eigenvalue weighted by atomic mass is 10.1. The molecule has 0 spiro atoms. The summed E-state index contributed by atoms with van der Waals surface area (Å²) in [6, 6.07) is 10.4. The molecule has 1 heterocycles. The van der Waals surface area contributed by atoms with Gasteiger partial charge < -0.3 is 4.90 Å². The van der Waals surface area contributed by atoms with E-state index in [9.17, 15) is 13.2 Å². The Balaban J connectivity index is 1.45. The fourth-order valence-corrected chi connectivity index (χ4v) is 3.11. The van der Waals surface area contributed by atoms with E-state index in [2.05, 4.69) is 9.80 Å². The maximum Gasteiger partial charge on any atom is 0.126 e. The molecule has 0 aromatic heterocycles. The topological polar surface area (TPSA) is 6.48 Å². The van der Waals surface area contributed by atoms with E-state index in [1.165, 1.54) is 18.2 Å². The van der Waals surface area contributed by atoms with Gasteiger partial charge in [0.25, 0.3) is 0 Å². The second-order valence-corrected chi connectivity index (χ2v) is 6.28. The average molecular weight is 334 g/mol. The summed E-state index contributed by atoms with van der Waals surface area (Å²) < 4.78 is 39.7. The minimum atomic E-state index is -0.529. The van der Waals surface area contributed by atoms with Crippen molar-refractivity contribution in [2.75, 3.05) is 32.7 Å². The standard InChI is InChI=1S/C19H21F3N2/c20-17-3-1-2-15(10-17)4-5-23-6-8-24(9-7-23)14-16-11-18(21)13-19(22)12-16/h1-3,10-13H,4-9,14H2. The van der Waals surface area contributed by atoms with Crippen LogP contribution in [0.2, 0.25) is 0 Å². The van der Waals surface area contributed by atoms with Gasteiger partial charge in [-0.1, -0.05) is 12.1 Å². The second-order valence-electron chi connectivity index (χ2n) is 6.28. The van der Waals surface area contributed by atoms with Crippen molar-refractivity contribution in [2.45, 2.75) is 13.0 Å². The van der Waals surface area contributed by atoms with Crippen LogP contribution in [0.3, 0.4) is 0 Å². The van der Waals surface area contributed by atoms with Crippen LogP contribution in [-0.2, 0) is 13.0 Å². The van der Waals surface area contributed by atoms with E-state index in [1.807, 2.05) is 6.07 Å². The largest absolute Gasteiger partial charge is 0.300 e. The molecule has 0 N–H and O–H groups in total. The quantitative estimate of drug-likeness (QED) is 0.826. The molecule has 0 amide bonds. The molecule has 1 fully saturated rings. The van der Waals surface area contributed by atoms with Gasteiger partial charge in [-0.05, 0) is 41.8 Å². The van der Waals surface area contributed by atoms with Crippen LogP contribution in [0.5, 0.6) is 0 Å². The number of nitrogens with zero attached hydrogens (tertiary/aromatic N) is 2. The van der Waals surface area contributed by atoms with E-state index in [-0.39, 0.29) is 5.82 Å². The predicted molar refractivity (Wildman–Crippen MR) is 88.2 cm³/mol. The third kappa shape index (κ3) is 4.82. The van der Waals surface area contributed by atoms with Crippen molar-refractivity contribution in [1.29, 1.82) is 0 Å². The van der Waals surface area contributed by atoms with Gasteiger partial charge in [0.05, 0.1) is 0 Å². The normalized spacial score (nSPS) is 16.5. The first-order valence-electron chi connectivity index (χ1n) is 8.22. The first kappa shape index (κ1) is 17.0. The molecule has 1 aliphatic heterocycles. The van der Waals surface area contributed by atoms with Gasteiger partial charge in [-0.3, -0.25) is 4.90 Å². The van der Waals surface area contributed by atoms with Crippen molar-refractivity contribution in [3.63, 3.8) is 0 Å². The lowest BCUT2D eigenvalue weighted by Gasteiger charge is -2.34. The van der Waals surface area contributed by atoms with Gasteiger partial charge in [0.15, 0.2) is 0 Å². The number of rotatable bonds is 5. The van der Waals surface area contributed by atoms with Crippen molar-refractivity contribution in [3.8, 4) is 0 Å². The fraction of sp³-hybridized carbons (Fsp3) is 0.368. The molecular formula is C19H21F3N2. The summed E-state index contributed by atoms with van der Waals surface area (Å²) >= 11 is 0. The minimum absolute atomic E-state index is 0.195. The van der Waals surface area contributed by atoms with Crippen LogP contribution >= 0.6 is 0 Å². The summed E-state index contributed by atoms with van der Waals surface area (Å²) in [5.41, 5.74) is 1.67. The molecule has 0 unspecified atom stereocenters. The van der Waals surface area contributed by atoms with Gasteiger partial charge in [-0.2, -0.15) is 0 Å². The average Bonchev–Trinajstić information content (AvgIpc) is 2.53. The molecule has 2 aromatic rings. The van der Waals surface area contributed by atoms with Crippen molar-refractivity contribution < 1.29 is 13.2 Å². The first-order chi connectivity index (χ1) is 11.6. The van der Waals surface area contributed by atoms with Gasteiger partial charge in [0.2, 0.25) is 0 Å². The molecule has 24 heavy (non-hydrogen) atoms. The Kier molecular flexibility index (Phi) is 5.53. The van der Waals surface area contributed by atoms with Crippen molar-refractivity contribution in [1.82, 2.24) is 9.80 Å². The Hall–Kier alpha value is -1.85. The zero-order chi connectivity index (χ0) is 16.9. The summed E-state index contributed by atoms with van der Waals surface area (Å²) in [5.74, 6) is -1.25. The highest BCUT2D eigenvalue weighted by Gasteiger charge is 2.17. The Morgan fingerprint density at radius 1 is 0.708 bits per heavy atom. The molecule has 1 aliphatic rings. The SMILES string of the molecule is Fc1cccc(CCN2CCN(Cc3cc(F)cc(F)c3)CC2)c1. The van der Waals surface area contributed by atoms with Gasteiger partial charge >= 0.3 is 0 Å². The minimum Gasteiger partial charge on any atom is -0.300 e. The number of piperazine rings is 1. The molecule has 0 saturated carbocycles. The van der Waals surface area contributed by atoms with E-state index >= 15 is 0 Å². The van der Waals surface area contributed by atoms with Crippen LogP contribution in [0.15, 0.2) is 42.5 Å². The molecule has 1 saturated heterocycles. The highest BCUT2D eigenvalue weighted by Crippen LogP contribution is 2.13. The van der Waals surface area contributed by atoms with Crippen LogP contribution < -0.4 is 0 Å². The van der Waals surface area contributed by atoms with Crippen LogP contribution in [0, 0.1) is 17.5 Å². The number of hydrogen-bond donors (Lipinski definition) is 0. The Bertz CT molecular complexity index is 662. The highest BCUT2D eigenvalue weighted by molar-refractivity contribution is 5.18. The zero-order valence-corrected chi connectivity index (χ0v) is 13.5. The molecule has 5 heteroatoms. The predicted octanol–water partition coefficient (Wildman–Crippen LogP) is 3.46. The zero-order valence-electron chi connectivity index (χ0n) is 13.5. The Morgan fingerprint density at radius 3 is 2.00 bits per heavy atom. The lowest BCUT2D eigenvalue weighted by molar-refractivity contribution is 0.128. The molecule has 0 aliphatic carbocycles. The lowest BCUT2D eigenvalue weighted by Crippen LogP contribution is -2.46. The summed E-state index contributed by atoms with van der Waals surface area (Å²) in [7, 11) is 0. The molecular weight excluding hydrogens is 313 g/mol. The molecule has 0 atom stereocenters. The van der Waals surface area contributed by atoms with E-state index in [1.54, 1.807) is 12.1 Å².